The van der Waals surface area contributed by atoms with Crippen molar-refractivity contribution in [2.45, 2.75) is 38.1 Å². The van der Waals surface area contributed by atoms with E-state index in [1.54, 1.807) is 0 Å². The van der Waals surface area contributed by atoms with Crippen molar-refractivity contribution < 1.29 is 0 Å². The van der Waals surface area contributed by atoms with Crippen LogP contribution in [0.2, 0.25) is 0 Å². The molecular formula is C14H20BrN3. The number of hydrogen-bond acceptors (Lipinski definition) is 2. The average molecular weight is 310 g/mol. The zero-order valence-electron chi connectivity index (χ0n) is 11.4. The highest BCUT2D eigenvalue weighted by molar-refractivity contribution is 9.08. The molecule has 98 valence electrons. The molecule has 3 nitrogen and oxygen atoms in total. The van der Waals surface area contributed by atoms with Crippen molar-refractivity contribution in [3.63, 3.8) is 0 Å². The first-order valence-corrected chi connectivity index (χ1v) is 7.39. The maximum absolute atomic E-state index is 4.76. The van der Waals surface area contributed by atoms with Gasteiger partial charge in [-0.1, -0.05) is 28.9 Å². The molecule has 2 rings (SSSR count). The molecule has 0 aromatic carbocycles. The van der Waals surface area contributed by atoms with Gasteiger partial charge in [0.15, 0.2) is 5.82 Å². The van der Waals surface area contributed by atoms with Crippen LogP contribution in [0.15, 0.2) is 24.4 Å². The Labute approximate surface area is 117 Å². The minimum absolute atomic E-state index is 0.106. The summed E-state index contributed by atoms with van der Waals surface area (Å²) in [6.45, 7) is 6.70. The molecule has 0 saturated carbocycles. The van der Waals surface area contributed by atoms with Crippen LogP contribution in [0.3, 0.4) is 0 Å². The molecule has 0 unspecified atom stereocenters. The number of alkyl halides is 1. The topological polar surface area (TPSA) is 20.5 Å². The van der Waals surface area contributed by atoms with E-state index in [4.69, 9.17) is 4.98 Å². The van der Waals surface area contributed by atoms with Gasteiger partial charge in [0.25, 0.3) is 0 Å². The smallest absolute Gasteiger partial charge is 0.152 e. The second kappa shape index (κ2) is 4.92. The summed E-state index contributed by atoms with van der Waals surface area (Å²) in [5.41, 5.74) is 2.31. The predicted octanol–water partition coefficient (Wildman–Crippen LogP) is 3.85. The van der Waals surface area contributed by atoms with Gasteiger partial charge in [-0.25, -0.2) is 4.98 Å². The molecule has 2 aromatic heterocycles. The van der Waals surface area contributed by atoms with Gasteiger partial charge < -0.3 is 9.30 Å². The number of aromatic nitrogens is 2. The molecule has 0 saturated heterocycles. The molecule has 0 bridgehead atoms. The van der Waals surface area contributed by atoms with Crippen molar-refractivity contribution in [3.05, 3.63) is 30.1 Å². The molecule has 2 heterocycles. The minimum Gasteiger partial charge on any atom is -0.353 e. The van der Waals surface area contributed by atoms with Crippen LogP contribution in [0.4, 0.5) is 5.82 Å². The van der Waals surface area contributed by atoms with Crippen LogP contribution in [0.5, 0.6) is 0 Å². The SMILES string of the molecule is CCC(C)(C)N(C)c1nc2ccccn2c1CBr. The maximum atomic E-state index is 4.76. The second-order valence-corrected chi connectivity index (χ2v) is 5.73. The number of nitrogens with zero attached hydrogens (tertiary/aromatic N) is 3. The van der Waals surface area contributed by atoms with Crippen LogP contribution >= 0.6 is 15.9 Å². The maximum Gasteiger partial charge on any atom is 0.152 e. The lowest BCUT2D eigenvalue weighted by molar-refractivity contribution is 0.467. The van der Waals surface area contributed by atoms with E-state index in [9.17, 15) is 0 Å². The van der Waals surface area contributed by atoms with Crippen LogP contribution in [0.25, 0.3) is 5.65 Å². The van der Waals surface area contributed by atoms with Gasteiger partial charge in [0.2, 0.25) is 0 Å². The molecular weight excluding hydrogens is 290 g/mol. The number of halogens is 1. The molecule has 2 aromatic rings. The number of pyridine rings is 1. The normalized spacial score (nSPS) is 12.1. The zero-order chi connectivity index (χ0) is 13.3. The van der Waals surface area contributed by atoms with Gasteiger partial charge >= 0.3 is 0 Å². The zero-order valence-corrected chi connectivity index (χ0v) is 13.0. The quantitative estimate of drug-likeness (QED) is 0.800. The fraction of sp³-hybridized carbons (Fsp3) is 0.500. The first-order chi connectivity index (χ1) is 8.51. The lowest BCUT2D eigenvalue weighted by atomic mass is 10.00. The van der Waals surface area contributed by atoms with E-state index in [0.717, 1.165) is 23.2 Å². The molecule has 0 aliphatic carbocycles. The molecule has 18 heavy (non-hydrogen) atoms. The average Bonchev–Trinajstić information content (AvgIpc) is 2.75. The van der Waals surface area contributed by atoms with E-state index in [-0.39, 0.29) is 5.54 Å². The van der Waals surface area contributed by atoms with Crippen molar-refractivity contribution in [1.82, 2.24) is 9.38 Å². The number of rotatable bonds is 4. The number of fused-ring (bicyclic) bond motifs is 1. The van der Waals surface area contributed by atoms with E-state index in [0.29, 0.717) is 0 Å². The second-order valence-electron chi connectivity index (χ2n) is 5.17. The standard InChI is InChI=1S/C14H20BrN3/c1-5-14(2,3)17(4)13-11(10-15)18-9-7-6-8-12(18)16-13/h6-9H,5,10H2,1-4H3. The summed E-state index contributed by atoms with van der Waals surface area (Å²) in [7, 11) is 2.12. The van der Waals surface area contributed by atoms with Gasteiger partial charge in [0.05, 0.1) is 5.69 Å². The fourth-order valence-corrected chi connectivity index (χ4v) is 2.47. The highest BCUT2D eigenvalue weighted by atomic mass is 79.9. The van der Waals surface area contributed by atoms with Gasteiger partial charge in [-0.15, -0.1) is 0 Å². The number of imidazole rings is 1. The number of hydrogen-bond donors (Lipinski definition) is 0. The van der Waals surface area contributed by atoms with E-state index < -0.39 is 0 Å². The summed E-state index contributed by atoms with van der Waals surface area (Å²) in [5, 5.41) is 0.803. The van der Waals surface area contributed by atoms with Crippen LogP contribution in [0.1, 0.15) is 32.9 Å². The predicted molar refractivity (Wildman–Crippen MR) is 80.6 cm³/mol. The highest BCUT2D eigenvalue weighted by Gasteiger charge is 2.26. The molecule has 0 spiro atoms. The van der Waals surface area contributed by atoms with Crippen LogP contribution in [-0.2, 0) is 5.33 Å². The van der Waals surface area contributed by atoms with Crippen molar-refractivity contribution in [1.29, 1.82) is 0 Å². The molecule has 0 atom stereocenters. The third-order valence-electron chi connectivity index (χ3n) is 3.83. The molecule has 0 N–H and O–H groups in total. The lowest BCUT2D eigenvalue weighted by Gasteiger charge is -2.35. The molecule has 0 amide bonds. The van der Waals surface area contributed by atoms with Crippen molar-refractivity contribution >= 4 is 27.4 Å². The molecule has 0 aliphatic heterocycles. The van der Waals surface area contributed by atoms with E-state index >= 15 is 0 Å². The fourth-order valence-electron chi connectivity index (χ4n) is 1.95. The van der Waals surface area contributed by atoms with Crippen LogP contribution in [0, 0.1) is 0 Å². The summed E-state index contributed by atoms with van der Waals surface area (Å²) >= 11 is 3.58. The Bertz CT molecular complexity index is 545. The van der Waals surface area contributed by atoms with Crippen molar-refractivity contribution in [2.24, 2.45) is 0 Å². The van der Waals surface area contributed by atoms with Gasteiger partial charge in [0.1, 0.15) is 5.65 Å². The number of anilines is 1. The van der Waals surface area contributed by atoms with Crippen molar-refractivity contribution in [2.75, 3.05) is 11.9 Å². The Morgan fingerprint density at radius 3 is 2.72 bits per heavy atom. The molecule has 0 fully saturated rings. The summed E-state index contributed by atoms with van der Waals surface area (Å²) in [6.07, 6.45) is 3.15. The van der Waals surface area contributed by atoms with E-state index in [1.807, 2.05) is 18.2 Å². The molecule has 4 heteroatoms. The Morgan fingerprint density at radius 1 is 1.39 bits per heavy atom. The lowest BCUT2D eigenvalue weighted by Crippen LogP contribution is -2.41. The van der Waals surface area contributed by atoms with Gasteiger partial charge in [-0.3, -0.25) is 0 Å². The van der Waals surface area contributed by atoms with Gasteiger partial charge in [0, 0.05) is 24.1 Å². The van der Waals surface area contributed by atoms with E-state index in [2.05, 4.69) is 59.2 Å². The summed E-state index contributed by atoms with van der Waals surface area (Å²) in [4.78, 5) is 7.03. The Morgan fingerprint density at radius 2 is 2.11 bits per heavy atom. The van der Waals surface area contributed by atoms with Gasteiger partial charge in [-0.05, 0) is 32.4 Å². The first kappa shape index (κ1) is 13.4. The first-order valence-electron chi connectivity index (χ1n) is 6.27. The Hall–Kier alpha value is -1.03. The van der Waals surface area contributed by atoms with Crippen LogP contribution in [-0.4, -0.2) is 22.0 Å². The summed E-state index contributed by atoms with van der Waals surface area (Å²) < 4.78 is 2.15. The Kier molecular flexibility index (Phi) is 3.66. The van der Waals surface area contributed by atoms with E-state index in [1.165, 1.54) is 5.69 Å². The summed E-state index contributed by atoms with van der Waals surface area (Å²) in [5.74, 6) is 1.06. The third-order valence-corrected chi connectivity index (χ3v) is 4.36. The van der Waals surface area contributed by atoms with Crippen LogP contribution < -0.4 is 4.90 Å². The molecule has 0 aliphatic rings. The van der Waals surface area contributed by atoms with Gasteiger partial charge in [-0.2, -0.15) is 0 Å². The summed E-state index contributed by atoms with van der Waals surface area (Å²) in [6, 6.07) is 6.10. The third kappa shape index (κ3) is 2.14. The monoisotopic (exact) mass is 309 g/mol. The largest absolute Gasteiger partial charge is 0.353 e. The molecule has 0 radical (unpaired) electrons. The Balaban J connectivity index is 2.57. The van der Waals surface area contributed by atoms with Crippen molar-refractivity contribution in [3.8, 4) is 0 Å². The minimum atomic E-state index is 0.106. The highest BCUT2D eigenvalue weighted by Crippen LogP contribution is 2.29.